The Hall–Kier alpha value is -2.26. The molecule has 2 aromatic carbocycles. The predicted molar refractivity (Wildman–Crippen MR) is 84.8 cm³/mol. The second kappa shape index (κ2) is 5.62. The third kappa shape index (κ3) is 2.41. The number of furan rings is 1. The molecule has 1 N–H and O–H groups in total. The molecule has 1 atom stereocenters. The molecule has 0 aliphatic rings. The highest BCUT2D eigenvalue weighted by molar-refractivity contribution is 5.82. The van der Waals surface area contributed by atoms with E-state index in [9.17, 15) is 0 Å². The minimum atomic E-state index is 0.0968. The van der Waals surface area contributed by atoms with Gasteiger partial charge in [-0.3, -0.25) is 0 Å². The Morgan fingerprint density at radius 2 is 1.90 bits per heavy atom. The predicted octanol–water partition coefficient (Wildman–Crippen LogP) is 4.06. The highest BCUT2D eigenvalue weighted by Crippen LogP contribution is 2.32. The molecule has 3 aromatic rings. The molecule has 0 spiro atoms. The first-order valence-corrected chi connectivity index (χ1v) is 7.02. The van der Waals surface area contributed by atoms with E-state index in [2.05, 4.69) is 30.4 Å². The van der Waals surface area contributed by atoms with Crippen molar-refractivity contribution in [3.63, 3.8) is 0 Å². The number of nitrogens with one attached hydrogen (secondary N) is 1. The second-order valence-corrected chi connectivity index (χ2v) is 5.13. The van der Waals surface area contributed by atoms with Crippen molar-refractivity contribution in [3.8, 4) is 5.75 Å². The lowest BCUT2D eigenvalue weighted by atomic mass is 9.94. The van der Waals surface area contributed by atoms with Crippen molar-refractivity contribution in [1.82, 2.24) is 5.32 Å². The number of para-hydroxylation sites is 1. The van der Waals surface area contributed by atoms with Gasteiger partial charge in [-0.1, -0.05) is 24.3 Å². The summed E-state index contributed by atoms with van der Waals surface area (Å²) in [7, 11) is 3.66. The summed E-state index contributed by atoms with van der Waals surface area (Å²) < 4.78 is 11.0. The topological polar surface area (TPSA) is 34.4 Å². The molecule has 0 bridgehead atoms. The highest BCUT2D eigenvalue weighted by Gasteiger charge is 2.19. The van der Waals surface area contributed by atoms with Gasteiger partial charge in [0.25, 0.3) is 0 Å². The number of methoxy groups -OCH3 is 1. The van der Waals surface area contributed by atoms with E-state index in [1.165, 1.54) is 11.1 Å². The largest absolute Gasteiger partial charge is 0.497 e. The van der Waals surface area contributed by atoms with Crippen LogP contribution in [0.5, 0.6) is 5.75 Å². The molecule has 1 heterocycles. The minimum absolute atomic E-state index is 0.0968. The summed E-state index contributed by atoms with van der Waals surface area (Å²) in [5.74, 6) is 0.878. The maximum absolute atomic E-state index is 5.67. The number of hydrogen-bond acceptors (Lipinski definition) is 3. The normalized spacial score (nSPS) is 12.5. The van der Waals surface area contributed by atoms with Gasteiger partial charge in [0.1, 0.15) is 11.3 Å². The van der Waals surface area contributed by atoms with Gasteiger partial charge in [-0.15, -0.1) is 0 Å². The van der Waals surface area contributed by atoms with Crippen LogP contribution >= 0.6 is 0 Å². The molecule has 0 saturated carbocycles. The molecule has 0 aliphatic heterocycles. The van der Waals surface area contributed by atoms with Gasteiger partial charge >= 0.3 is 0 Å². The number of ether oxygens (including phenoxy) is 1. The fraction of sp³-hybridized carbons (Fsp3) is 0.222. The summed E-state index contributed by atoms with van der Waals surface area (Å²) >= 11 is 0. The van der Waals surface area contributed by atoms with Gasteiger partial charge in [0.2, 0.25) is 0 Å². The third-order valence-corrected chi connectivity index (χ3v) is 3.90. The Kier molecular flexibility index (Phi) is 3.67. The summed E-state index contributed by atoms with van der Waals surface area (Å²) in [4.78, 5) is 0. The van der Waals surface area contributed by atoms with E-state index in [4.69, 9.17) is 9.15 Å². The molecule has 108 valence electrons. The van der Waals surface area contributed by atoms with Crippen molar-refractivity contribution < 1.29 is 9.15 Å². The molecule has 21 heavy (non-hydrogen) atoms. The lowest BCUT2D eigenvalue weighted by Gasteiger charge is -2.18. The quantitative estimate of drug-likeness (QED) is 0.783. The third-order valence-electron chi connectivity index (χ3n) is 3.90. The first kappa shape index (κ1) is 13.7. The molecule has 3 nitrogen and oxygen atoms in total. The fourth-order valence-corrected chi connectivity index (χ4v) is 2.80. The molecule has 1 aromatic heterocycles. The zero-order valence-corrected chi connectivity index (χ0v) is 12.5. The van der Waals surface area contributed by atoms with Crippen LogP contribution in [0.1, 0.15) is 22.7 Å². The number of rotatable bonds is 4. The van der Waals surface area contributed by atoms with E-state index in [0.29, 0.717) is 0 Å². The number of aryl methyl sites for hydroxylation is 1. The molecule has 0 fully saturated rings. The smallest absolute Gasteiger partial charge is 0.134 e. The fourth-order valence-electron chi connectivity index (χ4n) is 2.80. The molecular formula is C18H19NO2. The van der Waals surface area contributed by atoms with Gasteiger partial charge < -0.3 is 14.5 Å². The van der Waals surface area contributed by atoms with E-state index >= 15 is 0 Å². The van der Waals surface area contributed by atoms with E-state index in [1.807, 2.05) is 37.6 Å². The average molecular weight is 281 g/mol. The number of hydrogen-bond donors (Lipinski definition) is 1. The first-order chi connectivity index (χ1) is 10.2. The zero-order valence-electron chi connectivity index (χ0n) is 12.5. The second-order valence-electron chi connectivity index (χ2n) is 5.13. The van der Waals surface area contributed by atoms with Crippen LogP contribution < -0.4 is 10.1 Å². The summed E-state index contributed by atoms with van der Waals surface area (Å²) in [5, 5.41) is 4.54. The molecule has 0 amide bonds. The maximum Gasteiger partial charge on any atom is 0.134 e. The Bertz CT molecular complexity index is 761. The molecular weight excluding hydrogens is 262 g/mol. The van der Waals surface area contributed by atoms with E-state index < -0.39 is 0 Å². The SMILES string of the molecule is CNC(c1ccc(OC)cc1C)c1coc2ccccc12. The van der Waals surface area contributed by atoms with Crippen LogP contribution in [0.2, 0.25) is 0 Å². The first-order valence-electron chi connectivity index (χ1n) is 7.02. The molecule has 0 saturated heterocycles. The van der Waals surface area contributed by atoms with Crippen LogP contribution in [-0.4, -0.2) is 14.2 Å². The molecule has 1 unspecified atom stereocenters. The summed E-state index contributed by atoms with van der Waals surface area (Å²) in [5.41, 5.74) is 4.49. The van der Waals surface area contributed by atoms with Gasteiger partial charge in [0.15, 0.2) is 0 Å². The van der Waals surface area contributed by atoms with E-state index in [1.54, 1.807) is 7.11 Å². The van der Waals surface area contributed by atoms with Gasteiger partial charge in [0.05, 0.1) is 19.4 Å². The Balaban J connectivity index is 2.10. The van der Waals surface area contributed by atoms with Crippen molar-refractivity contribution in [2.24, 2.45) is 0 Å². The number of fused-ring (bicyclic) bond motifs is 1. The Morgan fingerprint density at radius 3 is 2.62 bits per heavy atom. The van der Waals surface area contributed by atoms with Crippen LogP contribution in [0.3, 0.4) is 0 Å². The standard InChI is InChI=1S/C18H19NO2/c1-12-10-13(20-3)8-9-14(12)18(19-2)16-11-21-17-7-5-4-6-15(16)17/h4-11,18-19H,1-3H3. The Morgan fingerprint density at radius 1 is 1.10 bits per heavy atom. The van der Waals surface area contributed by atoms with Crippen LogP contribution in [0, 0.1) is 6.92 Å². The molecule has 3 heteroatoms. The van der Waals surface area contributed by atoms with Crippen molar-refractivity contribution in [2.45, 2.75) is 13.0 Å². The summed E-state index contributed by atoms with van der Waals surface area (Å²) in [6, 6.07) is 14.4. The van der Waals surface area contributed by atoms with Crippen molar-refractivity contribution >= 4 is 11.0 Å². The van der Waals surface area contributed by atoms with Crippen molar-refractivity contribution in [2.75, 3.05) is 14.2 Å². The highest BCUT2D eigenvalue weighted by atomic mass is 16.5. The van der Waals surface area contributed by atoms with Crippen LogP contribution in [-0.2, 0) is 0 Å². The van der Waals surface area contributed by atoms with Crippen LogP contribution in [0.15, 0.2) is 53.1 Å². The lowest BCUT2D eigenvalue weighted by Crippen LogP contribution is -2.18. The van der Waals surface area contributed by atoms with Gasteiger partial charge in [-0.2, -0.15) is 0 Å². The van der Waals surface area contributed by atoms with Crippen LogP contribution in [0.4, 0.5) is 0 Å². The lowest BCUT2D eigenvalue weighted by molar-refractivity contribution is 0.414. The average Bonchev–Trinajstić information content (AvgIpc) is 2.94. The maximum atomic E-state index is 5.67. The van der Waals surface area contributed by atoms with Gasteiger partial charge in [-0.25, -0.2) is 0 Å². The molecule has 0 radical (unpaired) electrons. The number of benzene rings is 2. The van der Waals surface area contributed by atoms with Gasteiger partial charge in [-0.05, 0) is 43.3 Å². The van der Waals surface area contributed by atoms with Crippen LogP contribution in [0.25, 0.3) is 11.0 Å². The monoisotopic (exact) mass is 281 g/mol. The van der Waals surface area contributed by atoms with Crippen molar-refractivity contribution in [1.29, 1.82) is 0 Å². The summed E-state index contributed by atoms with van der Waals surface area (Å²) in [6.45, 7) is 2.10. The summed E-state index contributed by atoms with van der Waals surface area (Å²) in [6.07, 6.45) is 1.84. The zero-order chi connectivity index (χ0) is 14.8. The van der Waals surface area contributed by atoms with E-state index in [0.717, 1.165) is 22.3 Å². The van der Waals surface area contributed by atoms with Gasteiger partial charge in [0, 0.05) is 10.9 Å². The van der Waals surface area contributed by atoms with Crippen molar-refractivity contribution in [3.05, 3.63) is 65.4 Å². The molecule has 3 rings (SSSR count). The van der Waals surface area contributed by atoms with E-state index in [-0.39, 0.29) is 6.04 Å². The minimum Gasteiger partial charge on any atom is -0.497 e. The Labute approximate surface area is 124 Å². The molecule has 0 aliphatic carbocycles.